The molecule has 2 saturated heterocycles. The van der Waals surface area contributed by atoms with E-state index in [9.17, 15) is 29.1 Å². The Labute approximate surface area is 196 Å². The lowest BCUT2D eigenvalue weighted by atomic mass is 10.0. The topological polar surface area (TPSA) is 165 Å². The van der Waals surface area contributed by atoms with Gasteiger partial charge in [0.15, 0.2) is 0 Å². The van der Waals surface area contributed by atoms with Crippen LogP contribution in [0.2, 0.25) is 0 Å². The highest BCUT2D eigenvalue weighted by Gasteiger charge is 2.39. The highest BCUT2D eigenvalue weighted by Crippen LogP contribution is 2.20. The minimum atomic E-state index is -1.60. The molecule has 34 heavy (non-hydrogen) atoms. The molecule has 11 nitrogen and oxygen atoms in total. The maximum Gasteiger partial charge on any atom is 0.326 e. The average Bonchev–Trinajstić information content (AvgIpc) is 3.50. The Bertz CT molecular complexity index is 917. The van der Waals surface area contributed by atoms with Crippen LogP contribution in [-0.4, -0.2) is 82.0 Å². The number of aliphatic carboxylic acids is 2. The van der Waals surface area contributed by atoms with Crippen molar-refractivity contribution in [3.05, 3.63) is 35.9 Å². The monoisotopic (exact) mass is 474 g/mol. The summed E-state index contributed by atoms with van der Waals surface area (Å²) in [5, 5.41) is 26.3. The molecule has 2 fully saturated rings. The van der Waals surface area contributed by atoms with E-state index in [-0.39, 0.29) is 24.9 Å². The fourth-order valence-corrected chi connectivity index (χ4v) is 4.38. The molecule has 0 bridgehead atoms. The van der Waals surface area contributed by atoms with Gasteiger partial charge >= 0.3 is 11.9 Å². The zero-order chi connectivity index (χ0) is 24.7. The lowest BCUT2D eigenvalue weighted by Crippen LogP contribution is -2.57. The zero-order valence-electron chi connectivity index (χ0n) is 18.7. The van der Waals surface area contributed by atoms with E-state index in [1.165, 1.54) is 4.90 Å². The van der Waals surface area contributed by atoms with Crippen molar-refractivity contribution < 1.29 is 34.2 Å². The fourth-order valence-electron chi connectivity index (χ4n) is 4.38. The first-order chi connectivity index (χ1) is 16.3. The third-order valence-electron chi connectivity index (χ3n) is 6.11. The number of carbonyl (C=O) groups is 5. The summed E-state index contributed by atoms with van der Waals surface area (Å²) in [6.07, 6.45) is 1.84. The van der Waals surface area contributed by atoms with Gasteiger partial charge in [0, 0.05) is 13.0 Å². The molecule has 1 aromatic carbocycles. The van der Waals surface area contributed by atoms with Crippen molar-refractivity contribution >= 4 is 29.7 Å². The predicted molar refractivity (Wildman–Crippen MR) is 120 cm³/mol. The molecular formula is C23H30N4O7. The second kappa shape index (κ2) is 11.6. The Kier molecular flexibility index (Phi) is 8.58. The molecule has 2 aliphatic rings. The molecule has 2 aliphatic heterocycles. The van der Waals surface area contributed by atoms with Crippen LogP contribution < -0.4 is 16.0 Å². The van der Waals surface area contributed by atoms with E-state index in [4.69, 9.17) is 5.11 Å². The quantitative estimate of drug-likeness (QED) is 0.303. The van der Waals surface area contributed by atoms with Crippen LogP contribution in [0.15, 0.2) is 30.3 Å². The van der Waals surface area contributed by atoms with Crippen LogP contribution in [0, 0.1) is 0 Å². The normalized spacial score (nSPS) is 21.5. The SMILES string of the molecule is O=C(O)CC(NC(=O)C1CCCN1C(=O)C(Cc1ccccc1)NC(=O)C1CCCN1)C(=O)O. The summed E-state index contributed by atoms with van der Waals surface area (Å²) in [4.78, 5) is 62.7. The van der Waals surface area contributed by atoms with Gasteiger partial charge in [0.25, 0.3) is 0 Å². The molecule has 2 heterocycles. The van der Waals surface area contributed by atoms with Crippen LogP contribution in [-0.2, 0) is 30.4 Å². The van der Waals surface area contributed by atoms with Crippen molar-refractivity contribution in [2.24, 2.45) is 0 Å². The van der Waals surface area contributed by atoms with E-state index in [2.05, 4.69) is 16.0 Å². The van der Waals surface area contributed by atoms with E-state index in [1.54, 1.807) is 0 Å². The predicted octanol–water partition coefficient (Wildman–Crippen LogP) is -0.499. The lowest BCUT2D eigenvalue weighted by molar-refractivity contribution is -0.148. The van der Waals surface area contributed by atoms with Gasteiger partial charge in [-0.25, -0.2) is 4.79 Å². The molecule has 5 N–H and O–H groups in total. The molecule has 3 amide bonds. The molecule has 11 heteroatoms. The number of benzene rings is 1. The standard InChI is InChI=1S/C23H30N4O7/c28-19(29)13-17(23(33)34)26-21(31)18-9-5-11-27(18)22(32)16(12-14-6-2-1-3-7-14)25-20(30)15-8-4-10-24-15/h1-3,6-7,15-18,24H,4-5,8-13H2,(H,25,30)(H,26,31)(H,28,29)(H,33,34). The maximum atomic E-state index is 13.5. The fraction of sp³-hybridized carbons (Fsp3) is 0.522. The van der Waals surface area contributed by atoms with Gasteiger partial charge in [-0.05, 0) is 37.8 Å². The Morgan fingerprint density at radius 2 is 1.68 bits per heavy atom. The number of carboxylic acid groups (broad SMARTS) is 2. The van der Waals surface area contributed by atoms with Crippen LogP contribution in [0.5, 0.6) is 0 Å². The molecule has 0 aliphatic carbocycles. The third kappa shape index (κ3) is 6.53. The minimum Gasteiger partial charge on any atom is -0.481 e. The highest BCUT2D eigenvalue weighted by atomic mass is 16.4. The van der Waals surface area contributed by atoms with Crippen LogP contribution in [0.25, 0.3) is 0 Å². The molecular weight excluding hydrogens is 444 g/mol. The Morgan fingerprint density at radius 1 is 0.971 bits per heavy atom. The van der Waals surface area contributed by atoms with Crippen LogP contribution in [0.4, 0.5) is 0 Å². The van der Waals surface area contributed by atoms with Gasteiger partial charge in [-0.15, -0.1) is 0 Å². The Morgan fingerprint density at radius 3 is 2.29 bits per heavy atom. The number of hydrogen-bond acceptors (Lipinski definition) is 6. The summed E-state index contributed by atoms with van der Waals surface area (Å²) in [6, 6.07) is 5.37. The van der Waals surface area contributed by atoms with Gasteiger partial charge in [-0.1, -0.05) is 30.3 Å². The van der Waals surface area contributed by atoms with Crippen molar-refractivity contribution in [1.29, 1.82) is 0 Å². The Hall–Kier alpha value is -3.47. The second-order valence-corrected chi connectivity index (χ2v) is 8.59. The second-order valence-electron chi connectivity index (χ2n) is 8.59. The number of nitrogens with one attached hydrogen (secondary N) is 3. The van der Waals surface area contributed by atoms with Crippen molar-refractivity contribution in [2.75, 3.05) is 13.1 Å². The summed E-state index contributed by atoms with van der Waals surface area (Å²) in [5.74, 6) is -4.26. The number of hydrogen-bond donors (Lipinski definition) is 5. The summed E-state index contributed by atoms with van der Waals surface area (Å²) in [6.45, 7) is 1.00. The Balaban J connectivity index is 1.75. The summed E-state index contributed by atoms with van der Waals surface area (Å²) in [5.41, 5.74) is 0.841. The average molecular weight is 475 g/mol. The molecule has 184 valence electrons. The first-order valence-corrected chi connectivity index (χ1v) is 11.4. The number of carbonyl (C=O) groups excluding carboxylic acids is 3. The van der Waals surface area contributed by atoms with Crippen LogP contribution in [0.3, 0.4) is 0 Å². The first-order valence-electron chi connectivity index (χ1n) is 11.4. The van der Waals surface area contributed by atoms with Gasteiger partial charge in [0.1, 0.15) is 18.1 Å². The molecule has 1 aromatic rings. The number of rotatable bonds is 10. The lowest BCUT2D eigenvalue weighted by Gasteiger charge is -2.30. The van der Waals surface area contributed by atoms with Crippen molar-refractivity contribution in [2.45, 2.75) is 62.7 Å². The summed E-state index contributed by atoms with van der Waals surface area (Å²) < 4.78 is 0. The van der Waals surface area contributed by atoms with E-state index in [0.717, 1.165) is 18.5 Å². The highest BCUT2D eigenvalue weighted by molar-refractivity contribution is 5.95. The van der Waals surface area contributed by atoms with E-state index < -0.39 is 48.3 Å². The first kappa shape index (κ1) is 25.2. The molecule has 4 unspecified atom stereocenters. The van der Waals surface area contributed by atoms with Crippen LogP contribution >= 0.6 is 0 Å². The largest absolute Gasteiger partial charge is 0.481 e. The number of amides is 3. The third-order valence-corrected chi connectivity index (χ3v) is 6.11. The summed E-state index contributed by atoms with van der Waals surface area (Å²) in [7, 11) is 0. The molecule has 0 spiro atoms. The molecule has 4 atom stereocenters. The molecule has 3 rings (SSSR count). The van der Waals surface area contributed by atoms with Gasteiger partial charge < -0.3 is 31.1 Å². The maximum absolute atomic E-state index is 13.5. The zero-order valence-corrected chi connectivity index (χ0v) is 18.7. The van der Waals surface area contributed by atoms with E-state index in [1.807, 2.05) is 30.3 Å². The van der Waals surface area contributed by atoms with Crippen molar-refractivity contribution in [3.8, 4) is 0 Å². The molecule has 0 radical (unpaired) electrons. The van der Waals surface area contributed by atoms with Gasteiger partial charge in [-0.2, -0.15) is 0 Å². The molecule has 0 saturated carbocycles. The smallest absolute Gasteiger partial charge is 0.326 e. The summed E-state index contributed by atoms with van der Waals surface area (Å²) >= 11 is 0. The number of likely N-dealkylation sites (tertiary alicyclic amines) is 1. The van der Waals surface area contributed by atoms with Crippen molar-refractivity contribution in [3.63, 3.8) is 0 Å². The van der Waals surface area contributed by atoms with Gasteiger partial charge in [0.2, 0.25) is 17.7 Å². The van der Waals surface area contributed by atoms with Gasteiger partial charge in [0.05, 0.1) is 12.5 Å². The van der Waals surface area contributed by atoms with Crippen molar-refractivity contribution in [1.82, 2.24) is 20.9 Å². The van der Waals surface area contributed by atoms with E-state index in [0.29, 0.717) is 19.3 Å². The van der Waals surface area contributed by atoms with Gasteiger partial charge in [-0.3, -0.25) is 19.2 Å². The number of nitrogens with zero attached hydrogens (tertiary/aromatic N) is 1. The van der Waals surface area contributed by atoms with Crippen LogP contribution in [0.1, 0.15) is 37.7 Å². The number of carboxylic acids is 2. The van der Waals surface area contributed by atoms with E-state index >= 15 is 0 Å². The molecule has 0 aromatic heterocycles. The minimum absolute atomic E-state index is 0.236.